The zero-order chi connectivity index (χ0) is 11.0. The van der Waals surface area contributed by atoms with E-state index in [1.54, 1.807) is 17.1 Å². The Balaban J connectivity index is 2.32. The fraction of sp³-hybridized carbons (Fsp3) is 0.0909. The molecule has 0 unspecified atom stereocenters. The minimum atomic E-state index is -0.0691. The second kappa shape index (κ2) is 3.46. The van der Waals surface area contributed by atoms with Gasteiger partial charge in [-0.2, -0.15) is 5.10 Å². The number of hydrogen-bond acceptors (Lipinski definition) is 3. The van der Waals surface area contributed by atoms with Crippen LogP contribution >= 0.6 is 0 Å². The molecule has 16 heavy (non-hydrogen) atoms. The van der Waals surface area contributed by atoms with Crippen LogP contribution < -0.4 is 0 Å². The van der Waals surface area contributed by atoms with E-state index in [9.17, 15) is 5.11 Å². The lowest BCUT2D eigenvalue weighted by Gasteiger charge is -2.00. The molecule has 0 aliphatic heterocycles. The van der Waals surface area contributed by atoms with Gasteiger partial charge in [-0.15, -0.1) is 0 Å². The van der Waals surface area contributed by atoms with E-state index >= 15 is 0 Å². The number of aliphatic hydroxyl groups excluding tert-OH is 1. The van der Waals surface area contributed by atoms with Crippen molar-refractivity contribution in [3.05, 3.63) is 48.5 Å². The average Bonchev–Trinajstić information content (AvgIpc) is 2.95. The molecule has 0 aromatic carbocycles. The first-order valence-corrected chi connectivity index (χ1v) is 4.97. The van der Waals surface area contributed by atoms with E-state index in [2.05, 4.69) is 10.1 Å². The monoisotopic (exact) mass is 214 g/mol. The van der Waals surface area contributed by atoms with Gasteiger partial charge in [0.05, 0.1) is 12.3 Å². The largest absolute Gasteiger partial charge is 0.390 e. The number of pyridine rings is 1. The number of rotatable bonds is 2. The van der Waals surface area contributed by atoms with Gasteiger partial charge in [0.25, 0.3) is 0 Å². The summed E-state index contributed by atoms with van der Waals surface area (Å²) in [6.07, 6.45) is 5.37. The SMILES string of the molecule is OCc1c(-n2cccn2)nc2ccccn12. The highest BCUT2D eigenvalue weighted by molar-refractivity contribution is 5.48. The van der Waals surface area contributed by atoms with Crippen LogP contribution in [-0.4, -0.2) is 24.3 Å². The Bertz CT molecular complexity index is 612. The predicted octanol–water partition coefficient (Wildman–Crippen LogP) is 1.01. The third-order valence-corrected chi connectivity index (χ3v) is 2.48. The Kier molecular flexibility index (Phi) is 1.97. The molecular formula is C11H10N4O. The van der Waals surface area contributed by atoms with Gasteiger partial charge in [0.2, 0.25) is 0 Å². The molecule has 0 bridgehead atoms. The number of aromatic nitrogens is 4. The summed E-state index contributed by atoms with van der Waals surface area (Å²) in [6, 6.07) is 7.54. The minimum Gasteiger partial charge on any atom is -0.390 e. The Hall–Kier alpha value is -2.14. The van der Waals surface area contributed by atoms with Crippen LogP contribution in [0.5, 0.6) is 0 Å². The molecule has 0 fully saturated rings. The van der Waals surface area contributed by atoms with Crippen molar-refractivity contribution in [1.82, 2.24) is 19.2 Å². The molecule has 0 aliphatic rings. The molecule has 0 amide bonds. The lowest BCUT2D eigenvalue weighted by atomic mass is 10.4. The fourth-order valence-electron chi connectivity index (χ4n) is 1.76. The lowest BCUT2D eigenvalue weighted by Crippen LogP contribution is -2.01. The van der Waals surface area contributed by atoms with E-state index in [0.717, 1.165) is 11.3 Å². The van der Waals surface area contributed by atoms with Crippen LogP contribution in [0.2, 0.25) is 0 Å². The summed E-state index contributed by atoms with van der Waals surface area (Å²) < 4.78 is 3.51. The number of aliphatic hydroxyl groups is 1. The molecule has 0 atom stereocenters. The smallest absolute Gasteiger partial charge is 0.177 e. The van der Waals surface area contributed by atoms with E-state index in [0.29, 0.717) is 5.82 Å². The van der Waals surface area contributed by atoms with Gasteiger partial charge in [-0.1, -0.05) is 6.07 Å². The third kappa shape index (κ3) is 1.22. The quantitative estimate of drug-likeness (QED) is 0.692. The van der Waals surface area contributed by atoms with Crippen LogP contribution in [0.15, 0.2) is 42.9 Å². The zero-order valence-electron chi connectivity index (χ0n) is 8.48. The maximum absolute atomic E-state index is 9.40. The summed E-state index contributed by atoms with van der Waals surface area (Å²) in [5.74, 6) is 0.665. The first kappa shape index (κ1) is 9.11. The number of imidazole rings is 1. The standard InChI is InChI=1S/C11H10N4O/c16-8-9-11(15-7-3-5-12-15)13-10-4-1-2-6-14(9)10/h1-7,16H,8H2. The fourth-order valence-corrected chi connectivity index (χ4v) is 1.76. The molecule has 0 saturated heterocycles. The van der Waals surface area contributed by atoms with Gasteiger partial charge in [-0.3, -0.25) is 4.40 Å². The van der Waals surface area contributed by atoms with Crippen molar-refractivity contribution < 1.29 is 5.11 Å². The summed E-state index contributed by atoms with van der Waals surface area (Å²) in [6.45, 7) is -0.0691. The van der Waals surface area contributed by atoms with Crippen molar-refractivity contribution in [2.45, 2.75) is 6.61 Å². The van der Waals surface area contributed by atoms with Gasteiger partial charge in [0.15, 0.2) is 5.82 Å². The molecular weight excluding hydrogens is 204 g/mol. The topological polar surface area (TPSA) is 55.3 Å². The molecule has 0 aliphatic carbocycles. The highest BCUT2D eigenvalue weighted by Gasteiger charge is 2.12. The normalized spacial score (nSPS) is 11.1. The molecule has 0 radical (unpaired) electrons. The summed E-state index contributed by atoms with van der Waals surface area (Å²) in [4.78, 5) is 4.43. The Morgan fingerprint density at radius 3 is 2.88 bits per heavy atom. The minimum absolute atomic E-state index is 0.0691. The van der Waals surface area contributed by atoms with Gasteiger partial charge in [-0.25, -0.2) is 9.67 Å². The van der Waals surface area contributed by atoms with Crippen molar-refractivity contribution in [2.75, 3.05) is 0 Å². The molecule has 3 heterocycles. The van der Waals surface area contributed by atoms with Crippen LogP contribution in [0.1, 0.15) is 5.69 Å². The van der Waals surface area contributed by atoms with Crippen molar-refractivity contribution >= 4 is 5.65 Å². The molecule has 5 heteroatoms. The van der Waals surface area contributed by atoms with Gasteiger partial charge >= 0.3 is 0 Å². The van der Waals surface area contributed by atoms with Gasteiger partial charge in [-0.05, 0) is 18.2 Å². The molecule has 1 N–H and O–H groups in total. The summed E-state index contributed by atoms with van der Waals surface area (Å²) in [5, 5.41) is 13.5. The van der Waals surface area contributed by atoms with Crippen LogP contribution in [0.4, 0.5) is 0 Å². The van der Waals surface area contributed by atoms with Crippen molar-refractivity contribution in [1.29, 1.82) is 0 Å². The van der Waals surface area contributed by atoms with Crippen molar-refractivity contribution in [2.24, 2.45) is 0 Å². The Morgan fingerprint density at radius 2 is 2.12 bits per heavy atom. The van der Waals surface area contributed by atoms with E-state index < -0.39 is 0 Å². The van der Waals surface area contributed by atoms with Crippen LogP contribution in [0.3, 0.4) is 0 Å². The first-order chi connectivity index (χ1) is 7.90. The van der Waals surface area contributed by atoms with E-state index in [4.69, 9.17) is 0 Å². The second-order valence-electron chi connectivity index (χ2n) is 3.42. The summed E-state index contributed by atoms with van der Waals surface area (Å²) in [5.41, 5.74) is 1.54. The van der Waals surface area contributed by atoms with E-state index in [1.165, 1.54) is 0 Å². The molecule has 0 spiro atoms. The van der Waals surface area contributed by atoms with Crippen LogP contribution in [-0.2, 0) is 6.61 Å². The molecule has 0 saturated carbocycles. The zero-order valence-corrected chi connectivity index (χ0v) is 8.48. The molecule has 80 valence electrons. The van der Waals surface area contributed by atoms with Gasteiger partial charge in [0.1, 0.15) is 5.65 Å². The molecule has 3 aromatic rings. The summed E-state index contributed by atoms with van der Waals surface area (Å²) >= 11 is 0. The Morgan fingerprint density at radius 1 is 1.19 bits per heavy atom. The van der Waals surface area contributed by atoms with Crippen molar-refractivity contribution in [3.63, 3.8) is 0 Å². The third-order valence-electron chi connectivity index (χ3n) is 2.48. The number of fused-ring (bicyclic) bond motifs is 1. The van der Waals surface area contributed by atoms with Crippen LogP contribution in [0.25, 0.3) is 11.5 Å². The van der Waals surface area contributed by atoms with Crippen molar-refractivity contribution in [3.8, 4) is 5.82 Å². The molecule has 3 rings (SSSR count). The maximum Gasteiger partial charge on any atom is 0.177 e. The van der Waals surface area contributed by atoms with Crippen LogP contribution in [0, 0.1) is 0 Å². The average molecular weight is 214 g/mol. The number of hydrogen-bond donors (Lipinski definition) is 1. The highest BCUT2D eigenvalue weighted by atomic mass is 16.3. The number of nitrogens with zero attached hydrogens (tertiary/aromatic N) is 4. The predicted molar refractivity (Wildman–Crippen MR) is 58.2 cm³/mol. The van der Waals surface area contributed by atoms with E-state index in [-0.39, 0.29) is 6.61 Å². The van der Waals surface area contributed by atoms with Gasteiger partial charge in [0, 0.05) is 18.6 Å². The highest BCUT2D eigenvalue weighted by Crippen LogP contribution is 2.15. The second-order valence-corrected chi connectivity index (χ2v) is 3.42. The first-order valence-electron chi connectivity index (χ1n) is 4.97. The molecule has 5 nitrogen and oxygen atoms in total. The maximum atomic E-state index is 9.40. The van der Waals surface area contributed by atoms with Gasteiger partial charge < -0.3 is 5.11 Å². The Labute approximate surface area is 91.6 Å². The lowest BCUT2D eigenvalue weighted by molar-refractivity contribution is 0.275. The molecule has 3 aromatic heterocycles. The summed E-state index contributed by atoms with van der Waals surface area (Å²) in [7, 11) is 0. The van der Waals surface area contributed by atoms with E-state index in [1.807, 2.05) is 34.9 Å².